The molecule has 3 nitrogen and oxygen atoms in total. The Kier molecular flexibility index (Phi) is 4.27. The van der Waals surface area contributed by atoms with Crippen molar-refractivity contribution >= 4 is 11.6 Å². The number of hydrogen-bond donors (Lipinski definition) is 1. The Balaban J connectivity index is 2.28. The summed E-state index contributed by atoms with van der Waals surface area (Å²) in [6, 6.07) is 8.40. The van der Waals surface area contributed by atoms with Crippen LogP contribution in [0.3, 0.4) is 0 Å². The molecule has 0 radical (unpaired) electrons. The first-order valence-corrected chi connectivity index (χ1v) is 6.91. The predicted molar refractivity (Wildman–Crippen MR) is 79.4 cm³/mol. The van der Waals surface area contributed by atoms with Gasteiger partial charge in [-0.05, 0) is 38.3 Å². The van der Waals surface area contributed by atoms with Gasteiger partial charge < -0.3 is 5.73 Å². The molecule has 1 aromatic carbocycles. The Morgan fingerprint density at radius 3 is 2.63 bits per heavy atom. The zero-order valence-electron chi connectivity index (χ0n) is 11.6. The molecule has 0 bridgehead atoms. The van der Waals surface area contributed by atoms with Crippen LogP contribution in [-0.4, -0.2) is 9.78 Å². The summed E-state index contributed by atoms with van der Waals surface area (Å²) in [6.07, 6.45) is 2.44. The molecule has 1 atom stereocenters. The third kappa shape index (κ3) is 2.99. The largest absolute Gasteiger partial charge is 0.322 e. The number of aromatic nitrogens is 2. The summed E-state index contributed by atoms with van der Waals surface area (Å²) in [4.78, 5) is 0. The maximum absolute atomic E-state index is 6.33. The van der Waals surface area contributed by atoms with Gasteiger partial charge in [0.2, 0.25) is 0 Å². The van der Waals surface area contributed by atoms with Gasteiger partial charge in [0.05, 0.1) is 23.0 Å². The third-order valence-electron chi connectivity index (χ3n) is 3.33. The summed E-state index contributed by atoms with van der Waals surface area (Å²) in [7, 11) is 0. The van der Waals surface area contributed by atoms with Crippen LogP contribution in [0.5, 0.6) is 0 Å². The normalized spacial score (nSPS) is 12.9. The average Bonchev–Trinajstić information content (AvgIpc) is 2.74. The van der Waals surface area contributed by atoms with E-state index in [1.54, 1.807) is 6.20 Å². The lowest BCUT2D eigenvalue weighted by Crippen LogP contribution is -2.20. The SMILES string of the molecule is Cc1ccccc1CC(N)c1c(Cl)cnn1C(C)C. The molecule has 1 unspecified atom stereocenters. The lowest BCUT2D eigenvalue weighted by molar-refractivity contribution is 0.485. The zero-order valence-corrected chi connectivity index (χ0v) is 12.4. The molecule has 0 aliphatic rings. The zero-order chi connectivity index (χ0) is 14.0. The summed E-state index contributed by atoms with van der Waals surface area (Å²) in [6.45, 7) is 6.25. The van der Waals surface area contributed by atoms with Crippen molar-refractivity contribution in [3.05, 3.63) is 52.3 Å². The van der Waals surface area contributed by atoms with E-state index in [0.29, 0.717) is 5.02 Å². The second-order valence-corrected chi connectivity index (χ2v) is 5.56. The molecule has 0 aliphatic heterocycles. The Bertz CT molecular complexity index is 560. The molecule has 0 fully saturated rings. The first-order chi connectivity index (χ1) is 9.00. The molecule has 102 valence electrons. The van der Waals surface area contributed by atoms with Crippen molar-refractivity contribution in [1.82, 2.24) is 9.78 Å². The van der Waals surface area contributed by atoms with Crippen LogP contribution < -0.4 is 5.73 Å². The average molecular weight is 278 g/mol. The molecule has 19 heavy (non-hydrogen) atoms. The quantitative estimate of drug-likeness (QED) is 0.927. The molecule has 0 aliphatic carbocycles. The van der Waals surface area contributed by atoms with Crippen molar-refractivity contribution in [3.63, 3.8) is 0 Å². The van der Waals surface area contributed by atoms with Gasteiger partial charge in [-0.25, -0.2) is 0 Å². The highest BCUT2D eigenvalue weighted by Crippen LogP contribution is 2.27. The van der Waals surface area contributed by atoms with Gasteiger partial charge in [0.25, 0.3) is 0 Å². The fourth-order valence-corrected chi connectivity index (χ4v) is 2.55. The Morgan fingerprint density at radius 1 is 1.32 bits per heavy atom. The molecule has 0 saturated heterocycles. The molecule has 1 aromatic heterocycles. The van der Waals surface area contributed by atoms with E-state index in [-0.39, 0.29) is 12.1 Å². The monoisotopic (exact) mass is 277 g/mol. The van der Waals surface area contributed by atoms with Crippen molar-refractivity contribution in [2.45, 2.75) is 39.3 Å². The molecule has 4 heteroatoms. The highest BCUT2D eigenvalue weighted by Gasteiger charge is 2.19. The fraction of sp³-hybridized carbons (Fsp3) is 0.400. The number of rotatable bonds is 4. The molecule has 2 aromatic rings. The predicted octanol–water partition coefficient (Wildman–Crippen LogP) is 3.67. The molecular formula is C15H20ClN3. The van der Waals surface area contributed by atoms with E-state index >= 15 is 0 Å². The lowest BCUT2D eigenvalue weighted by atomic mass is 9.99. The van der Waals surface area contributed by atoms with E-state index in [0.717, 1.165) is 12.1 Å². The lowest BCUT2D eigenvalue weighted by Gasteiger charge is -2.18. The Labute approximate surface area is 119 Å². The number of nitrogens with two attached hydrogens (primary N) is 1. The maximum Gasteiger partial charge on any atom is 0.0834 e. The maximum atomic E-state index is 6.33. The van der Waals surface area contributed by atoms with Crippen molar-refractivity contribution < 1.29 is 0 Å². The van der Waals surface area contributed by atoms with E-state index < -0.39 is 0 Å². The van der Waals surface area contributed by atoms with Crippen molar-refractivity contribution in [2.75, 3.05) is 0 Å². The fourth-order valence-electron chi connectivity index (χ4n) is 2.28. The van der Waals surface area contributed by atoms with E-state index in [2.05, 4.69) is 38.0 Å². The topological polar surface area (TPSA) is 43.8 Å². The van der Waals surface area contributed by atoms with Crippen molar-refractivity contribution in [3.8, 4) is 0 Å². The minimum absolute atomic E-state index is 0.140. The number of hydrogen-bond acceptors (Lipinski definition) is 2. The Morgan fingerprint density at radius 2 is 2.00 bits per heavy atom. The molecule has 2 rings (SSSR count). The highest BCUT2D eigenvalue weighted by molar-refractivity contribution is 6.31. The molecule has 0 saturated carbocycles. The van der Waals surface area contributed by atoms with Crippen LogP contribution in [-0.2, 0) is 6.42 Å². The molecule has 0 amide bonds. The van der Waals surface area contributed by atoms with Gasteiger partial charge in [-0.2, -0.15) is 5.10 Å². The number of aryl methyl sites for hydroxylation is 1. The van der Waals surface area contributed by atoms with Crippen LogP contribution in [0.15, 0.2) is 30.5 Å². The summed E-state index contributed by atoms with van der Waals surface area (Å²) in [5.41, 5.74) is 9.76. The summed E-state index contributed by atoms with van der Waals surface area (Å²) in [5, 5.41) is 4.95. The van der Waals surface area contributed by atoms with Gasteiger partial charge >= 0.3 is 0 Å². The summed E-state index contributed by atoms with van der Waals surface area (Å²) < 4.78 is 1.91. The minimum atomic E-state index is -0.140. The standard InChI is InChI=1S/C15H20ClN3/c1-10(2)19-15(13(16)9-18-19)14(17)8-12-7-5-4-6-11(12)3/h4-7,9-10,14H,8,17H2,1-3H3. The van der Waals surface area contributed by atoms with E-state index in [9.17, 15) is 0 Å². The first kappa shape index (κ1) is 14.1. The van der Waals surface area contributed by atoms with E-state index in [1.165, 1.54) is 11.1 Å². The van der Waals surface area contributed by atoms with Crippen LogP contribution in [0, 0.1) is 6.92 Å². The number of nitrogens with zero attached hydrogens (tertiary/aromatic N) is 2. The van der Waals surface area contributed by atoms with E-state index in [4.69, 9.17) is 17.3 Å². The van der Waals surface area contributed by atoms with Crippen LogP contribution in [0.2, 0.25) is 5.02 Å². The van der Waals surface area contributed by atoms with Gasteiger partial charge in [-0.3, -0.25) is 4.68 Å². The van der Waals surface area contributed by atoms with Gasteiger partial charge in [0, 0.05) is 6.04 Å². The number of halogens is 1. The van der Waals surface area contributed by atoms with Crippen molar-refractivity contribution in [2.24, 2.45) is 5.73 Å². The summed E-state index contributed by atoms with van der Waals surface area (Å²) >= 11 is 6.23. The molecular weight excluding hydrogens is 258 g/mol. The first-order valence-electron chi connectivity index (χ1n) is 6.53. The highest BCUT2D eigenvalue weighted by atomic mass is 35.5. The van der Waals surface area contributed by atoms with Gasteiger partial charge in [0.1, 0.15) is 0 Å². The van der Waals surface area contributed by atoms with Crippen LogP contribution in [0.1, 0.15) is 42.8 Å². The number of benzene rings is 1. The van der Waals surface area contributed by atoms with Crippen LogP contribution >= 0.6 is 11.6 Å². The molecule has 2 N–H and O–H groups in total. The van der Waals surface area contributed by atoms with Crippen LogP contribution in [0.4, 0.5) is 0 Å². The third-order valence-corrected chi connectivity index (χ3v) is 3.62. The van der Waals surface area contributed by atoms with Gasteiger partial charge in [0.15, 0.2) is 0 Å². The second kappa shape index (κ2) is 5.76. The molecule has 0 spiro atoms. The second-order valence-electron chi connectivity index (χ2n) is 5.15. The van der Waals surface area contributed by atoms with Crippen molar-refractivity contribution in [1.29, 1.82) is 0 Å². The molecule has 1 heterocycles. The minimum Gasteiger partial charge on any atom is -0.322 e. The van der Waals surface area contributed by atoms with Gasteiger partial charge in [-0.15, -0.1) is 0 Å². The van der Waals surface area contributed by atoms with E-state index in [1.807, 2.05) is 16.8 Å². The Hall–Kier alpha value is -1.32. The smallest absolute Gasteiger partial charge is 0.0834 e. The van der Waals surface area contributed by atoms with Gasteiger partial charge in [-0.1, -0.05) is 35.9 Å². The summed E-state index contributed by atoms with van der Waals surface area (Å²) in [5.74, 6) is 0. The van der Waals surface area contributed by atoms with Crippen LogP contribution in [0.25, 0.3) is 0 Å².